The number of aryl methyl sites for hydroxylation is 1. The Kier molecular flexibility index (Phi) is 10.5. The van der Waals surface area contributed by atoms with Crippen LogP contribution in [0.5, 0.6) is 0 Å². The van der Waals surface area contributed by atoms with Gasteiger partial charge in [0.2, 0.25) is 5.91 Å². The summed E-state index contributed by atoms with van der Waals surface area (Å²) in [4.78, 5) is 14.7. The molecule has 0 spiro atoms. The molecule has 1 aliphatic heterocycles. The molecule has 0 saturated carbocycles. The average Bonchev–Trinajstić information content (AvgIpc) is 2.52. The Morgan fingerprint density at radius 1 is 1.30 bits per heavy atom. The molecule has 2 atom stereocenters. The van der Waals surface area contributed by atoms with Gasteiger partial charge in [0, 0.05) is 12.6 Å². The van der Waals surface area contributed by atoms with Crippen LogP contribution in [0.15, 0.2) is 24.3 Å². The lowest BCUT2D eigenvalue weighted by atomic mass is 10.0. The van der Waals surface area contributed by atoms with Gasteiger partial charge in [-0.3, -0.25) is 9.69 Å². The number of likely N-dealkylation sites (N-methyl/N-ethyl adjacent to an activating group) is 1. The molecule has 1 fully saturated rings. The summed E-state index contributed by atoms with van der Waals surface area (Å²) in [5.41, 5.74) is 8.09. The summed E-state index contributed by atoms with van der Waals surface area (Å²) in [6.45, 7) is 7.09. The molecule has 23 heavy (non-hydrogen) atoms. The number of nitrogens with zero attached hydrogens (tertiary/aromatic N) is 1. The largest absolute Gasteiger partial charge is 0.353 e. The van der Waals surface area contributed by atoms with Crippen molar-refractivity contribution in [2.75, 3.05) is 19.6 Å². The highest BCUT2D eigenvalue weighted by Gasteiger charge is 2.22. The smallest absolute Gasteiger partial charge is 0.241 e. The summed E-state index contributed by atoms with van der Waals surface area (Å²) in [6.07, 6.45) is 3.68. The van der Waals surface area contributed by atoms with Gasteiger partial charge in [0.05, 0.1) is 0 Å². The molecular weight excluding hydrogens is 333 g/mol. The number of nitrogens with two attached hydrogens (primary N) is 1. The number of carbonyl (C=O) groups excluding carboxylic acids is 1. The fourth-order valence-corrected chi connectivity index (χ4v) is 2.96. The van der Waals surface area contributed by atoms with Gasteiger partial charge in [-0.15, -0.1) is 24.8 Å². The maximum atomic E-state index is 12.2. The number of rotatable bonds is 5. The van der Waals surface area contributed by atoms with Crippen molar-refractivity contribution in [3.63, 3.8) is 0 Å². The molecular formula is C17H29Cl2N3O. The van der Waals surface area contributed by atoms with Crippen LogP contribution in [0.1, 0.15) is 43.4 Å². The minimum Gasteiger partial charge on any atom is -0.353 e. The van der Waals surface area contributed by atoms with Crippen LogP contribution in [0.25, 0.3) is 0 Å². The van der Waals surface area contributed by atoms with E-state index >= 15 is 0 Å². The lowest BCUT2D eigenvalue weighted by Crippen LogP contribution is -2.47. The van der Waals surface area contributed by atoms with Gasteiger partial charge in [-0.2, -0.15) is 0 Å². The number of hydrogen-bond acceptors (Lipinski definition) is 3. The van der Waals surface area contributed by atoms with Crippen molar-refractivity contribution in [1.29, 1.82) is 0 Å². The molecule has 1 heterocycles. The molecule has 132 valence electrons. The normalized spacial score (nSPS) is 19.2. The number of halogens is 2. The van der Waals surface area contributed by atoms with Crippen LogP contribution in [0.2, 0.25) is 0 Å². The third-order valence-electron chi connectivity index (χ3n) is 4.39. The van der Waals surface area contributed by atoms with Crippen LogP contribution in [-0.2, 0) is 4.79 Å². The van der Waals surface area contributed by atoms with E-state index in [2.05, 4.69) is 17.1 Å². The highest BCUT2D eigenvalue weighted by molar-refractivity contribution is 5.85. The SMILES string of the molecule is CCN1CCCCC1CNC(=O)C(N)c1ccc(C)cc1.Cl.Cl. The van der Waals surface area contributed by atoms with Gasteiger partial charge in [0.25, 0.3) is 0 Å². The lowest BCUT2D eigenvalue weighted by Gasteiger charge is -2.35. The first kappa shape index (κ1) is 22.2. The van der Waals surface area contributed by atoms with Crippen LogP contribution in [0.4, 0.5) is 0 Å². The van der Waals surface area contributed by atoms with E-state index in [9.17, 15) is 4.79 Å². The van der Waals surface area contributed by atoms with E-state index in [-0.39, 0.29) is 30.7 Å². The van der Waals surface area contributed by atoms with Crippen molar-refractivity contribution >= 4 is 30.7 Å². The van der Waals surface area contributed by atoms with Gasteiger partial charge in [-0.1, -0.05) is 43.2 Å². The Hall–Kier alpha value is -0.810. The zero-order valence-corrected chi connectivity index (χ0v) is 15.6. The molecule has 0 bridgehead atoms. The minimum atomic E-state index is -0.579. The molecule has 1 aromatic carbocycles. The summed E-state index contributed by atoms with van der Waals surface area (Å²) < 4.78 is 0. The average molecular weight is 362 g/mol. The predicted molar refractivity (Wildman–Crippen MR) is 100 cm³/mol. The van der Waals surface area contributed by atoms with Gasteiger partial charge in [-0.05, 0) is 38.4 Å². The van der Waals surface area contributed by atoms with Crippen LogP contribution in [0, 0.1) is 6.92 Å². The topological polar surface area (TPSA) is 58.4 Å². The van der Waals surface area contributed by atoms with E-state index in [0.29, 0.717) is 12.6 Å². The summed E-state index contributed by atoms with van der Waals surface area (Å²) >= 11 is 0. The van der Waals surface area contributed by atoms with E-state index in [0.717, 1.165) is 25.1 Å². The molecule has 2 rings (SSSR count). The number of likely N-dealkylation sites (tertiary alicyclic amines) is 1. The molecule has 4 nitrogen and oxygen atoms in total. The number of carbonyl (C=O) groups is 1. The second-order valence-corrected chi connectivity index (χ2v) is 5.91. The van der Waals surface area contributed by atoms with Crippen molar-refractivity contribution in [3.8, 4) is 0 Å². The number of benzene rings is 1. The number of amides is 1. The van der Waals surface area contributed by atoms with Crippen molar-refractivity contribution in [2.45, 2.75) is 45.2 Å². The minimum absolute atomic E-state index is 0. The first-order valence-electron chi connectivity index (χ1n) is 7.95. The second kappa shape index (κ2) is 10.9. The summed E-state index contributed by atoms with van der Waals surface area (Å²) in [7, 11) is 0. The zero-order chi connectivity index (χ0) is 15.2. The first-order chi connectivity index (χ1) is 10.1. The molecule has 3 N–H and O–H groups in total. The van der Waals surface area contributed by atoms with Gasteiger partial charge < -0.3 is 11.1 Å². The molecule has 1 aliphatic rings. The maximum absolute atomic E-state index is 12.2. The van der Waals surface area contributed by atoms with Gasteiger partial charge in [0.1, 0.15) is 6.04 Å². The van der Waals surface area contributed by atoms with Gasteiger partial charge in [-0.25, -0.2) is 0 Å². The molecule has 1 aromatic rings. The highest BCUT2D eigenvalue weighted by atomic mass is 35.5. The quantitative estimate of drug-likeness (QED) is 0.847. The van der Waals surface area contributed by atoms with Crippen LogP contribution >= 0.6 is 24.8 Å². The first-order valence-corrected chi connectivity index (χ1v) is 7.95. The highest BCUT2D eigenvalue weighted by Crippen LogP contribution is 2.16. The van der Waals surface area contributed by atoms with Crippen LogP contribution in [0.3, 0.4) is 0 Å². The second-order valence-electron chi connectivity index (χ2n) is 5.91. The maximum Gasteiger partial charge on any atom is 0.241 e. The standard InChI is InChI=1S/C17H27N3O.2ClH/c1-3-20-11-5-4-6-15(20)12-19-17(21)16(18)14-9-7-13(2)8-10-14;;/h7-10,15-16H,3-6,11-12,18H2,1-2H3,(H,19,21);2*1H. The third kappa shape index (κ3) is 6.30. The Morgan fingerprint density at radius 2 is 1.96 bits per heavy atom. The van der Waals surface area contributed by atoms with Crippen molar-refractivity contribution in [2.24, 2.45) is 5.73 Å². The predicted octanol–water partition coefficient (Wildman–Crippen LogP) is 2.83. The summed E-state index contributed by atoms with van der Waals surface area (Å²) in [6, 6.07) is 7.71. The Balaban J connectivity index is 0.00000242. The lowest BCUT2D eigenvalue weighted by molar-refractivity contribution is -0.122. The summed E-state index contributed by atoms with van der Waals surface area (Å²) in [5, 5.41) is 3.02. The molecule has 0 radical (unpaired) electrons. The van der Waals surface area contributed by atoms with Crippen LogP contribution < -0.4 is 11.1 Å². The monoisotopic (exact) mass is 361 g/mol. The van der Waals surface area contributed by atoms with E-state index in [1.807, 2.05) is 31.2 Å². The van der Waals surface area contributed by atoms with Crippen molar-refractivity contribution in [1.82, 2.24) is 10.2 Å². The molecule has 1 amide bonds. The summed E-state index contributed by atoms with van der Waals surface area (Å²) in [5.74, 6) is -0.0829. The Morgan fingerprint density at radius 3 is 2.57 bits per heavy atom. The van der Waals surface area contributed by atoms with E-state index in [4.69, 9.17) is 5.73 Å². The Labute approximate surface area is 152 Å². The van der Waals surface area contributed by atoms with Gasteiger partial charge in [0.15, 0.2) is 0 Å². The van der Waals surface area contributed by atoms with Crippen molar-refractivity contribution in [3.05, 3.63) is 35.4 Å². The third-order valence-corrected chi connectivity index (χ3v) is 4.39. The van der Waals surface area contributed by atoms with E-state index < -0.39 is 6.04 Å². The number of hydrogen-bond donors (Lipinski definition) is 2. The van der Waals surface area contributed by atoms with Gasteiger partial charge >= 0.3 is 0 Å². The van der Waals surface area contributed by atoms with Crippen molar-refractivity contribution < 1.29 is 4.79 Å². The Bertz CT molecular complexity index is 467. The molecule has 1 saturated heterocycles. The fourth-order valence-electron chi connectivity index (χ4n) is 2.96. The number of nitrogens with one attached hydrogen (secondary N) is 1. The van der Waals surface area contributed by atoms with E-state index in [1.54, 1.807) is 0 Å². The molecule has 6 heteroatoms. The number of piperidine rings is 1. The fraction of sp³-hybridized carbons (Fsp3) is 0.588. The zero-order valence-electron chi connectivity index (χ0n) is 14.0. The molecule has 2 unspecified atom stereocenters. The molecule has 0 aliphatic carbocycles. The van der Waals surface area contributed by atoms with Crippen LogP contribution in [-0.4, -0.2) is 36.5 Å². The van der Waals surface area contributed by atoms with E-state index in [1.165, 1.54) is 18.4 Å². The molecule has 0 aromatic heterocycles.